The molecule has 2 N–H and O–H groups in total. The largest absolute Gasteiger partial charge is 0.386 e. The van der Waals surface area contributed by atoms with E-state index in [0.29, 0.717) is 28.8 Å². The van der Waals surface area contributed by atoms with Gasteiger partial charge in [-0.3, -0.25) is 0 Å². The number of benzene rings is 1. The van der Waals surface area contributed by atoms with E-state index in [0.717, 1.165) is 25.7 Å². The summed E-state index contributed by atoms with van der Waals surface area (Å²) < 4.78 is 12.2. The lowest BCUT2D eigenvalue weighted by Crippen LogP contribution is -2.44. The number of nitriles is 2. The monoisotopic (exact) mass is 434 g/mol. The Balaban J connectivity index is 2.15. The zero-order valence-electron chi connectivity index (χ0n) is 16.5. The summed E-state index contributed by atoms with van der Waals surface area (Å²) in [6.45, 7) is 4.73. The molecule has 1 heterocycles. The van der Waals surface area contributed by atoms with Crippen molar-refractivity contribution < 1.29 is 9.47 Å². The van der Waals surface area contributed by atoms with E-state index >= 15 is 0 Å². The molecule has 1 aliphatic carbocycles. The van der Waals surface area contributed by atoms with Gasteiger partial charge in [-0.05, 0) is 24.5 Å². The molecule has 3 atom stereocenters. The average molecular weight is 435 g/mol. The van der Waals surface area contributed by atoms with Crippen molar-refractivity contribution >= 4 is 29.0 Å². The maximum absolute atomic E-state index is 10.4. The van der Waals surface area contributed by atoms with Gasteiger partial charge in [-0.25, -0.2) is 4.99 Å². The molecule has 1 aromatic carbocycles. The highest BCUT2D eigenvalue weighted by atomic mass is 35.5. The van der Waals surface area contributed by atoms with Crippen molar-refractivity contribution in [3.8, 4) is 12.1 Å². The Hall–Kier alpha value is -1.83. The lowest BCUT2D eigenvalue weighted by molar-refractivity contribution is -0.260. The fourth-order valence-electron chi connectivity index (χ4n) is 4.28. The molecule has 6 nitrogen and oxygen atoms in total. The molecule has 1 saturated carbocycles. The van der Waals surface area contributed by atoms with Crippen LogP contribution >= 0.6 is 23.2 Å². The number of amidine groups is 1. The number of aliphatic imine (C=N–C) groups is 1. The number of ether oxygens (including phenoxy) is 2. The van der Waals surface area contributed by atoms with Gasteiger partial charge in [0.15, 0.2) is 5.41 Å². The predicted molar refractivity (Wildman–Crippen MR) is 111 cm³/mol. The van der Waals surface area contributed by atoms with Crippen molar-refractivity contribution in [1.29, 1.82) is 10.5 Å². The normalized spacial score (nSPS) is 28.9. The van der Waals surface area contributed by atoms with Crippen LogP contribution in [0.25, 0.3) is 0 Å². The minimum atomic E-state index is -1.65. The maximum Gasteiger partial charge on any atom is 0.293 e. The number of fused-ring (bicyclic) bond motifs is 1. The zero-order chi connectivity index (χ0) is 21.3. The first-order chi connectivity index (χ1) is 13.9. The first-order valence-corrected chi connectivity index (χ1v) is 10.6. The van der Waals surface area contributed by atoms with Crippen LogP contribution in [0, 0.1) is 33.5 Å². The molecule has 0 saturated heterocycles. The van der Waals surface area contributed by atoms with Crippen LogP contribution < -0.4 is 5.73 Å². The number of halogens is 2. The summed E-state index contributed by atoms with van der Waals surface area (Å²) in [5, 5.41) is 21.1. The van der Waals surface area contributed by atoms with Crippen molar-refractivity contribution in [3.05, 3.63) is 33.8 Å². The summed E-state index contributed by atoms with van der Waals surface area (Å²) in [5.74, 6) is -2.27. The minimum absolute atomic E-state index is 0.0376. The van der Waals surface area contributed by atoms with Gasteiger partial charge in [0.2, 0.25) is 0 Å². The van der Waals surface area contributed by atoms with Crippen molar-refractivity contribution in [2.24, 2.45) is 21.6 Å². The summed E-state index contributed by atoms with van der Waals surface area (Å²) in [4.78, 5) is 4.44. The minimum Gasteiger partial charge on any atom is -0.386 e. The van der Waals surface area contributed by atoms with E-state index in [4.69, 9.17) is 38.4 Å². The van der Waals surface area contributed by atoms with Crippen molar-refractivity contribution in [2.45, 2.75) is 51.4 Å². The lowest BCUT2D eigenvalue weighted by Gasteiger charge is -2.32. The molecule has 2 aliphatic rings. The third-order valence-electron chi connectivity index (χ3n) is 5.81. The van der Waals surface area contributed by atoms with Crippen molar-refractivity contribution in [3.63, 3.8) is 0 Å². The SMILES string of the molecule is CCCCOC1(OCCCC)N=C(N)C2(C#N)C(c3cccc(Cl)c3Cl)C12C#N. The van der Waals surface area contributed by atoms with Gasteiger partial charge < -0.3 is 15.2 Å². The molecule has 3 unspecified atom stereocenters. The lowest BCUT2D eigenvalue weighted by atomic mass is 9.93. The summed E-state index contributed by atoms with van der Waals surface area (Å²) in [7, 11) is 0. The van der Waals surface area contributed by atoms with E-state index in [9.17, 15) is 10.5 Å². The number of nitrogens with zero attached hydrogens (tertiary/aromatic N) is 3. The van der Waals surface area contributed by atoms with Gasteiger partial charge in [-0.1, -0.05) is 62.0 Å². The van der Waals surface area contributed by atoms with E-state index in [-0.39, 0.29) is 5.84 Å². The molecule has 0 amide bonds. The van der Waals surface area contributed by atoms with Gasteiger partial charge in [0.25, 0.3) is 5.91 Å². The summed E-state index contributed by atoms with van der Waals surface area (Å²) >= 11 is 12.7. The van der Waals surface area contributed by atoms with Gasteiger partial charge in [-0.15, -0.1) is 0 Å². The highest BCUT2D eigenvalue weighted by Crippen LogP contribution is 2.82. The van der Waals surface area contributed by atoms with Crippen LogP contribution in [0.1, 0.15) is 51.0 Å². The number of hydrogen-bond donors (Lipinski definition) is 1. The first-order valence-electron chi connectivity index (χ1n) is 9.82. The molecule has 0 bridgehead atoms. The third-order valence-corrected chi connectivity index (χ3v) is 6.64. The number of hydrogen-bond acceptors (Lipinski definition) is 6. The molecule has 0 spiro atoms. The van der Waals surface area contributed by atoms with Crippen LogP contribution in [0.5, 0.6) is 0 Å². The van der Waals surface area contributed by atoms with Crippen molar-refractivity contribution in [1.82, 2.24) is 0 Å². The van der Waals surface area contributed by atoms with E-state index < -0.39 is 22.7 Å². The fraction of sp³-hybridized carbons (Fsp3) is 0.571. The summed E-state index contributed by atoms with van der Waals surface area (Å²) in [5.41, 5.74) is 4.02. The van der Waals surface area contributed by atoms with E-state index in [1.165, 1.54) is 0 Å². The highest BCUT2D eigenvalue weighted by molar-refractivity contribution is 6.42. The Bertz CT molecular complexity index is 897. The molecular weight excluding hydrogens is 411 g/mol. The van der Waals surface area contributed by atoms with Crippen LogP contribution in [0.4, 0.5) is 0 Å². The van der Waals surface area contributed by atoms with Gasteiger partial charge in [0.05, 0.1) is 35.4 Å². The van der Waals surface area contributed by atoms with Gasteiger partial charge in [0, 0.05) is 5.92 Å². The Morgan fingerprint density at radius 1 is 1.10 bits per heavy atom. The van der Waals surface area contributed by atoms with Crippen LogP contribution in [0.2, 0.25) is 10.0 Å². The van der Waals surface area contributed by atoms with Crippen LogP contribution in [-0.4, -0.2) is 25.0 Å². The predicted octanol–water partition coefficient (Wildman–Crippen LogP) is 4.77. The summed E-state index contributed by atoms with van der Waals surface area (Å²) in [6.07, 6.45) is 3.32. The quantitative estimate of drug-likeness (QED) is 0.445. The third kappa shape index (κ3) is 2.86. The number of rotatable bonds is 9. The molecule has 1 fully saturated rings. The van der Waals surface area contributed by atoms with Gasteiger partial charge in [-0.2, -0.15) is 10.5 Å². The highest BCUT2D eigenvalue weighted by Gasteiger charge is 2.94. The van der Waals surface area contributed by atoms with E-state index in [2.05, 4.69) is 17.1 Å². The van der Waals surface area contributed by atoms with E-state index in [1.54, 1.807) is 18.2 Å². The molecule has 1 aliphatic heterocycles. The number of unbranched alkanes of at least 4 members (excludes halogenated alkanes) is 2. The second-order valence-electron chi connectivity index (χ2n) is 7.40. The Morgan fingerprint density at radius 2 is 1.72 bits per heavy atom. The Kier molecular flexibility index (Phi) is 6.13. The van der Waals surface area contributed by atoms with Crippen LogP contribution in [-0.2, 0) is 9.47 Å². The molecular formula is C21H24Cl2N4O2. The van der Waals surface area contributed by atoms with Crippen LogP contribution in [0.15, 0.2) is 23.2 Å². The standard InChI is InChI=1S/C21H24Cl2N4O2/c1-3-5-10-28-21(29-11-6-4-2)20(13-25)17(19(20,12-24)18(26)27-21)14-8-7-9-15(22)16(14)23/h7-9,17H,3-6,10-11H2,1-2H3,(H2,26,27). The molecule has 8 heteroatoms. The number of nitrogens with two attached hydrogens (primary N) is 1. The van der Waals surface area contributed by atoms with Crippen LogP contribution in [0.3, 0.4) is 0 Å². The zero-order valence-corrected chi connectivity index (χ0v) is 18.1. The maximum atomic E-state index is 10.4. The van der Waals surface area contributed by atoms with Gasteiger partial charge >= 0.3 is 0 Å². The van der Waals surface area contributed by atoms with E-state index in [1.807, 2.05) is 13.8 Å². The molecule has 3 rings (SSSR count). The van der Waals surface area contributed by atoms with Gasteiger partial charge in [0.1, 0.15) is 11.3 Å². The smallest absolute Gasteiger partial charge is 0.293 e. The first kappa shape index (κ1) is 21.9. The molecule has 29 heavy (non-hydrogen) atoms. The molecule has 154 valence electrons. The molecule has 1 aromatic rings. The Morgan fingerprint density at radius 3 is 2.24 bits per heavy atom. The fourth-order valence-corrected chi connectivity index (χ4v) is 4.69. The second kappa shape index (κ2) is 8.13. The topological polar surface area (TPSA) is 104 Å². The molecule has 0 aromatic heterocycles. The second-order valence-corrected chi connectivity index (χ2v) is 8.18. The summed E-state index contributed by atoms with van der Waals surface area (Å²) in [6, 6.07) is 9.70. The molecule has 0 radical (unpaired) electrons. The van der Waals surface area contributed by atoms with Crippen molar-refractivity contribution in [2.75, 3.05) is 13.2 Å². The Labute approximate surface area is 181 Å². The average Bonchev–Trinajstić information content (AvgIpc) is 3.28.